The van der Waals surface area contributed by atoms with Crippen LogP contribution in [0.4, 0.5) is 10.2 Å². The molecule has 0 spiro atoms. The van der Waals surface area contributed by atoms with Crippen molar-refractivity contribution >= 4 is 16.8 Å². The first-order valence-corrected chi connectivity index (χ1v) is 6.08. The first kappa shape index (κ1) is 11.7. The molecule has 19 heavy (non-hydrogen) atoms. The number of hydrogen-bond acceptors (Lipinski definition) is 3. The average molecular weight is 256 g/mol. The molecule has 2 aromatic heterocycles. The van der Waals surface area contributed by atoms with E-state index < -0.39 is 0 Å². The molecule has 0 aliphatic heterocycles. The van der Waals surface area contributed by atoms with E-state index in [0.717, 1.165) is 22.4 Å². The van der Waals surface area contributed by atoms with E-state index in [9.17, 15) is 4.39 Å². The third kappa shape index (κ3) is 2.29. The van der Waals surface area contributed by atoms with Crippen LogP contribution in [0.15, 0.2) is 53.3 Å². The number of fused-ring (bicyclic) bond motifs is 1. The molecule has 0 fully saturated rings. The van der Waals surface area contributed by atoms with Crippen LogP contribution < -0.4 is 5.32 Å². The molecule has 1 unspecified atom stereocenters. The maximum atomic E-state index is 13.2. The Balaban J connectivity index is 1.90. The van der Waals surface area contributed by atoms with Crippen molar-refractivity contribution in [3.8, 4) is 0 Å². The topological polar surface area (TPSA) is 38.1 Å². The highest BCUT2D eigenvalue weighted by molar-refractivity contribution is 5.87. The van der Waals surface area contributed by atoms with Gasteiger partial charge in [0.15, 0.2) is 0 Å². The van der Waals surface area contributed by atoms with Crippen molar-refractivity contribution in [3.63, 3.8) is 0 Å². The Hall–Kier alpha value is -2.36. The maximum absolute atomic E-state index is 13.2. The van der Waals surface area contributed by atoms with Gasteiger partial charge in [0.2, 0.25) is 0 Å². The quantitative estimate of drug-likeness (QED) is 0.765. The number of aromatic nitrogens is 1. The molecule has 0 saturated heterocycles. The fourth-order valence-corrected chi connectivity index (χ4v) is 2.07. The molecule has 1 aromatic carbocycles. The van der Waals surface area contributed by atoms with Crippen LogP contribution in [0.2, 0.25) is 0 Å². The molecular formula is C15H13FN2O. The largest absolute Gasteiger partial charge is 0.464 e. The lowest BCUT2D eigenvalue weighted by Crippen LogP contribution is -2.08. The van der Waals surface area contributed by atoms with Crippen LogP contribution in [-0.4, -0.2) is 4.98 Å². The van der Waals surface area contributed by atoms with E-state index in [1.807, 2.05) is 25.1 Å². The van der Waals surface area contributed by atoms with E-state index in [-0.39, 0.29) is 11.9 Å². The number of nitrogens with one attached hydrogen (secondary N) is 1. The summed E-state index contributed by atoms with van der Waals surface area (Å²) in [5.41, 5.74) is 1.66. The standard InChI is InChI=1S/C15H13FN2O/c1-10(11-3-2-4-12(16)9-11)18-15-13-6-8-19-14(13)5-7-17-15/h2-10H,1H3,(H,17,18). The summed E-state index contributed by atoms with van der Waals surface area (Å²) >= 11 is 0. The molecule has 2 heterocycles. The molecular weight excluding hydrogens is 243 g/mol. The van der Waals surface area contributed by atoms with Gasteiger partial charge in [-0.05, 0) is 36.8 Å². The van der Waals surface area contributed by atoms with Crippen molar-refractivity contribution in [1.29, 1.82) is 0 Å². The lowest BCUT2D eigenvalue weighted by molar-refractivity contribution is 0.615. The van der Waals surface area contributed by atoms with E-state index in [2.05, 4.69) is 10.3 Å². The molecule has 0 saturated carbocycles. The van der Waals surface area contributed by atoms with Crippen molar-refractivity contribution in [1.82, 2.24) is 4.98 Å². The summed E-state index contributed by atoms with van der Waals surface area (Å²) in [6, 6.07) is 10.2. The summed E-state index contributed by atoms with van der Waals surface area (Å²) < 4.78 is 18.5. The van der Waals surface area contributed by atoms with E-state index in [0.29, 0.717) is 0 Å². The fourth-order valence-electron chi connectivity index (χ4n) is 2.07. The van der Waals surface area contributed by atoms with Crippen LogP contribution in [0, 0.1) is 5.82 Å². The highest BCUT2D eigenvalue weighted by Gasteiger charge is 2.10. The van der Waals surface area contributed by atoms with Crippen molar-refractivity contribution in [3.05, 3.63) is 60.2 Å². The van der Waals surface area contributed by atoms with Crippen molar-refractivity contribution in [2.75, 3.05) is 5.32 Å². The molecule has 1 N–H and O–H groups in total. The number of rotatable bonds is 3. The first-order chi connectivity index (χ1) is 9.24. The number of furan rings is 1. The van der Waals surface area contributed by atoms with Crippen molar-refractivity contribution in [2.45, 2.75) is 13.0 Å². The molecule has 96 valence electrons. The highest BCUT2D eigenvalue weighted by atomic mass is 19.1. The number of pyridine rings is 1. The molecule has 0 amide bonds. The number of nitrogens with zero attached hydrogens (tertiary/aromatic N) is 1. The molecule has 4 heteroatoms. The second kappa shape index (κ2) is 4.72. The van der Waals surface area contributed by atoms with E-state index in [1.54, 1.807) is 18.5 Å². The van der Waals surface area contributed by atoms with Gasteiger partial charge in [-0.2, -0.15) is 0 Å². The van der Waals surface area contributed by atoms with Gasteiger partial charge < -0.3 is 9.73 Å². The van der Waals surface area contributed by atoms with Gasteiger partial charge in [0.25, 0.3) is 0 Å². The lowest BCUT2D eigenvalue weighted by Gasteiger charge is -2.15. The molecule has 0 aliphatic carbocycles. The molecule has 3 rings (SSSR count). The Morgan fingerprint density at radius 1 is 1.26 bits per heavy atom. The minimum Gasteiger partial charge on any atom is -0.464 e. The van der Waals surface area contributed by atoms with Gasteiger partial charge in [-0.25, -0.2) is 9.37 Å². The predicted octanol–water partition coefficient (Wildman–Crippen LogP) is 4.14. The Labute approximate surface area is 110 Å². The summed E-state index contributed by atoms with van der Waals surface area (Å²) in [4.78, 5) is 4.30. The van der Waals surface area contributed by atoms with Gasteiger partial charge in [0, 0.05) is 6.20 Å². The third-order valence-corrected chi connectivity index (χ3v) is 3.08. The molecule has 3 aromatic rings. The minimum absolute atomic E-state index is 0.0382. The summed E-state index contributed by atoms with van der Waals surface area (Å²) in [6.07, 6.45) is 3.32. The van der Waals surface area contributed by atoms with Gasteiger partial charge in [-0.15, -0.1) is 0 Å². The molecule has 0 aliphatic rings. The summed E-state index contributed by atoms with van der Waals surface area (Å²) in [6.45, 7) is 1.97. The highest BCUT2D eigenvalue weighted by Crippen LogP contribution is 2.25. The van der Waals surface area contributed by atoms with E-state index >= 15 is 0 Å². The smallest absolute Gasteiger partial charge is 0.139 e. The normalized spacial score (nSPS) is 12.5. The van der Waals surface area contributed by atoms with Crippen LogP contribution in [0.1, 0.15) is 18.5 Å². The molecule has 0 bridgehead atoms. The summed E-state index contributed by atoms with van der Waals surface area (Å²) in [5, 5.41) is 4.20. The Morgan fingerprint density at radius 3 is 3.00 bits per heavy atom. The first-order valence-electron chi connectivity index (χ1n) is 6.08. The molecule has 1 atom stereocenters. The van der Waals surface area contributed by atoms with Gasteiger partial charge in [0.1, 0.15) is 17.2 Å². The van der Waals surface area contributed by atoms with Gasteiger partial charge >= 0.3 is 0 Å². The monoisotopic (exact) mass is 256 g/mol. The fraction of sp³-hybridized carbons (Fsp3) is 0.133. The Kier molecular flexibility index (Phi) is 2.91. The Morgan fingerprint density at radius 2 is 2.16 bits per heavy atom. The number of anilines is 1. The van der Waals surface area contributed by atoms with Crippen LogP contribution in [0.5, 0.6) is 0 Å². The third-order valence-electron chi connectivity index (χ3n) is 3.08. The number of benzene rings is 1. The van der Waals surface area contributed by atoms with Gasteiger partial charge in [0.05, 0.1) is 17.7 Å². The SMILES string of the molecule is CC(Nc1nccc2occc12)c1cccc(F)c1. The zero-order valence-corrected chi connectivity index (χ0v) is 10.4. The zero-order chi connectivity index (χ0) is 13.2. The van der Waals surface area contributed by atoms with Crippen LogP contribution >= 0.6 is 0 Å². The minimum atomic E-state index is -0.236. The summed E-state index contributed by atoms with van der Waals surface area (Å²) in [5.74, 6) is 0.503. The van der Waals surface area contributed by atoms with Gasteiger partial charge in [-0.1, -0.05) is 12.1 Å². The van der Waals surface area contributed by atoms with Crippen LogP contribution in [0.25, 0.3) is 11.0 Å². The van der Waals surface area contributed by atoms with Gasteiger partial charge in [-0.3, -0.25) is 0 Å². The number of hydrogen-bond donors (Lipinski definition) is 1. The second-order valence-electron chi connectivity index (χ2n) is 4.41. The van der Waals surface area contributed by atoms with Crippen molar-refractivity contribution < 1.29 is 8.81 Å². The molecule has 0 radical (unpaired) electrons. The zero-order valence-electron chi connectivity index (χ0n) is 10.4. The molecule has 3 nitrogen and oxygen atoms in total. The summed E-state index contributed by atoms with van der Waals surface area (Å²) in [7, 11) is 0. The van der Waals surface area contributed by atoms with Crippen LogP contribution in [-0.2, 0) is 0 Å². The lowest BCUT2D eigenvalue weighted by atomic mass is 10.1. The predicted molar refractivity (Wildman–Crippen MR) is 72.4 cm³/mol. The van der Waals surface area contributed by atoms with E-state index in [4.69, 9.17) is 4.42 Å². The average Bonchev–Trinajstić information content (AvgIpc) is 2.88. The maximum Gasteiger partial charge on any atom is 0.139 e. The van der Waals surface area contributed by atoms with Crippen molar-refractivity contribution in [2.24, 2.45) is 0 Å². The number of halogens is 1. The van der Waals surface area contributed by atoms with E-state index in [1.165, 1.54) is 12.1 Å². The second-order valence-corrected chi connectivity index (χ2v) is 4.41. The van der Waals surface area contributed by atoms with Crippen LogP contribution in [0.3, 0.4) is 0 Å². The Bertz CT molecular complexity index is 708.